The van der Waals surface area contributed by atoms with Crippen LogP contribution < -0.4 is 0 Å². The number of nitrogens with zero attached hydrogens (tertiary/aromatic N) is 3. The molecule has 0 atom stereocenters. The highest BCUT2D eigenvalue weighted by Gasteiger charge is 2.17. The first-order valence-electron chi connectivity index (χ1n) is 16.4. The lowest BCUT2D eigenvalue weighted by atomic mass is 9.97. The van der Waals surface area contributed by atoms with E-state index in [2.05, 4.69) is 109 Å². The van der Waals surface area contributed by atoms with E-state index in [-0.39, 0.29) is 0 Å². The Bertz CT molecular complexity index is 2570. The van der Waals surface area contributed by atoms with Gasteiger partial charge in [0, 0.05) is 21.9 Å². The minimum atomic E-state index is 0.574. The Morgan fingerprint density at radius 1 is 0.306 bits per heavy atom. The van der Waals surface area contributed by atoms with Gasteiger partial charge in [-0.15, -0.1) is 0 Å². The summed E-state index contributed by atoms with van der Waals surface area (Å²) in [5, 5.41) is 2.11. The van der Waals surface area contributed by atoms with Gasteiger partial charge in [-0.2, -0.15) is 0 Å². The maximum Gasteiger partial charge on any atom is 0.167 e. The van der Waals surface area contributed by atoms with Gasteiger partial charge in [0.05, 0.1) is 5.56 Å². The van der Waals surface area contributed by atoms with Crippen LogP contribution in [0.3, 0.4) is 0 Å². The van der Waals surface area contributed by atoms with Crippen molar-refractivity contribution < 1.29 is 4.42 Å². The molecule has 0 saturated heterocycles. The maximum atomic E-state index is 6.36. The fourth-order valence-corrected chi connectivity index (χ4v) is 6.44. The maximum absolute atomic E-state index is 6.36. The predicted molar refractivity (Wildman–Crippen MR) is 200 cm³/mol. The molecule has 0 amide bonds. The molecule has 0 saturated carbocycles. The summed E-state index contributed by atoms with van der Waals surface area (Å²) in [4.78, 5) is 14.9. The Morgan fingerprint density at radius 2 is 0.735 bits per heavy atom. The zero-order valence-electron chi connectivity index (χ0n) is 26.5. The van der Waals surface area contributed by atoms with Gasteiger partial charge < -0.3 is 4.42 Å². The summed E-state index contributed by atoms with van der Waals surface area (Å²) in [5.41, 5.74) is 11.4. The van der Waals surface area contributed by atoms with Crippen molar-refractivity contribution >= 4 is 21.9 Å². The molecule has 230 valence electrons. The van der Waals surface area contributed by atoms with E-state index >= 15 is 0 Å². The van der Waals surface area contributed by atoms with Crippen molar-refractivity contribution in [3.8, 4) is 67.5 Å². The summed E-state index contributed by atoms with van der Waals surface area (Å²) >= 11 is 0. The second-order valence-corrected chi connectivity index (χ2v) is 12.1. The third-order valence-corrected chi connectivity index (χ3v) is 8.98. The molecule has 7 aromatic carbocycles. The Hall–Kier alpha value is -6.65. The number of fused-ring (bicyclic) bond motifs is 3. The van der Waals surface area contributed by atoms with Gasteiger partial charge in [0.1, 0.15) is 11.2 Å². The van der Waals surface area contributed by atoms with E-state index in [0.717, 1.165) is 49.8 Å². The van der Waals surface area contributed by atoms with Crippen LogP contribution in [0, 0.1) is 0 Å². The van der Waals surface area contributed by atoms with E-state index in [0.29, 0.717) is 17.5 Å². The molecule has 2 aromatic heterocycles. The molecule has 4 nitrogen and oxygen atoms in total. The van der Waals surface area contributed by atoms with Crippen LogP contribution in [0.15, 0.2) is 180 Å². The highest BCUT2D eigenvalue weighted by molar-refractivity contribution is 6.09. The first-order chi connectivity index (χ1) is 24.3. The number of furan rings is 1. The average Bonchev–Trinajstić information content (AvgIpc) is 3.58. The van der Waals surface area contributed by atoms with Crippen molar-refractivity contribution in [3.63, 3.8) is 0 Å². The molecular weight excluding hydrogens is 599 g/mol. The van der Waals surface area contributed by atoms with E-state index in [1.54, 1.807) is 0 Å². The van der Waals surface area contributed by atoms with E-state index in [1.807, 2.05) is 66.7 Å². The lowest BCUT2D eigenvalue weighted by Crippen LogP contribution is -2.00. The smallest absolute Gasteiger partial charge is 0.167 e. The van der Waals surface area contributed by atoms with Crippen LogP contribution in [0.5, 0.6) is 0 Å². The number of hydrogen-bond donors (Lipinski definition) is 0. The van der Waals surface area contributed by atoms with Crippen molar-refractivity contribution in [2.24, 2.45) is 0 Å². The van der Waals surface area contributed by atoms with Crippen molar-refractivity contribution in [2.45, 2.75) is 0 Å². The Morgan fingerprint density at radius 3 is 1.39 bits per heavy atom. The van der Waals surface area contributed by atoms with Crippen LogP contribution in [-0.2, 0) is 0 Å². The summed E-state index contributed by atoms with van der Waals surface area (Å²) in [6.07, 6.45) is 0. The molecule has 0 aliphatic heterocycles. The van der Waals surface area contributed by atoms with E-state index < -0.39 is 0 Å². The lowest BCUT2D eigenvalue weighted by Gasteiger charge is -2.10. The molecule has 0 fully saturated rings. The molecule has 4 heteroatoms. The second-order valence-electron chi connectivity index (χ2n) is 12.1. The minimum absolute atomic E-state index is 0.574. The summed E-state index contributed by atoms with van der Waals surface area (Å²) in [6, 6.07) is 60.6. The van der Waals surface area contributed by atoms with E-state index in [1.165, 1.54) is 22.3 Å². The molecule has 0 aliphatic carbocycles. The summed E-state index contributed by atoms with van der Waals surface area (Å²) < 4.78 is 6.36. The van der Waals surface area contributed by atoms with Crippen LogP contribution in [0.2, 0.25) is 0 Å². The third kappa shape index (κ3) is 5.45. The van der Waals surface area contributed by atoms with Crippen LogP contribution >= 0.6 is 0 Å². The molecule has 0 radical (unpaired) electrons. The molecule has 2 heterocycles. The molecule has 0 bridgehead atoms. The number of aromatic nitrogens is 3. The van der Waals surface area contributed by atoms with Gasteiger partial charge in [-0.05, 0) is 51.6 Å². The third-order valence-electron chi connectivity index (χ3n) is 8.98. The van der Waals surface area contributed by atoms with Crippen LogP contribution in [0.1, 0.15) is 0 Å². The number of hydrogen-bond acceptors (Lipinski definition) is 4. The zero-order chi connectivity index (χ0) is 32.6. The highest BCUT2D eigenvalue weighted by atomic mass is 16.3. The van der Waals surface area contributed by atoms with Crippen molar-refractivity contribution in [2.75, 3.05) is 0 Å². The Balaban J connectivity index is 1.06. The SMILES string of the molecule is c1ccc(-c2cccc(-c3ccc(-c4ccc(-c5nc(-c6ccccc6)nc(-c6cccc7c6oc6ccccc67)n5)cc4)cc3)c2)cc1. The lowest BCUT2D eigenvalue weighted by molar-refractivity contribution is 0.669. The standard InChI is InChI=1S/C45H29N3O/c1-3-11-30(12-4-1)36-15-9-16-37(29-36)33-23-21-31(22-24-33)32-25-27-35(28-26-32)44-46-43(34-13-5-2-6-14-34)47-45(48-44)40-19-10-18-39-38-17-7-8-20-41(38)49-42(39)40/h1-29H. The van der Waals surface area contributed by atoms with Crippen LogP contribution in [-0.4, -0.2) is 15.0 Å². The summed E-state index contributed by atoms with van der Waals surface area (Å²) in [5.74, 6) is 1.80. The second kappa shape index (κ2) is 12.2. The molecule has 0 spiro atoms. The molecule has 0 aliphatic rings. The molecule has 0 unspecified atom stereocenters. The van der Waals surface area contributed by atoms with Gasteiger partial charge in [-0.3, -0.25) is 0 Å². The molecule has 0 N–H and O–H groups in total. The largest absolute Gasteiger partial charge is 0.455 e. The fraction of sp³-hybridized carbons (Fsp3) is 0. The van der Waals surface area contributed by atoms with Crippen molar-refractivity contribution in [1.29, 1.82) is 0 Å². The summed E-state index contributed by atoms with van der Waals surface area (Å²) in [7, 11) is 0. The Labute approximate surface area is 284 Å². The highest BCUT2D eigenvalue weighted by Crippen LogP contribution is 2.36. The number of para-hydroxylation sites is 2. The first kappa shape index (κ1) is 28.6. The summed E-state index contributed by atoms with van der Waals surface area (Å²) in [6.45, 7) is 0. The average molecular weight is 628 g/mol. The van der Waals surface area contributed by atoms with Crippen LogP contribution in [0.25, 0.3) is 89.5 Å². The first-order valence-corrected chi connectivity index (χ1v) is 16.4. The predicted octanol–water partition coefficient (Wildman–Crippen LogP) is 11.8. The van der Waals surface area contributed by atoms with E-state index in [9.17, 15) is 0 Å². The number of benzene rings is 7. The van der Waals surface area contributed by atoms with E-state index in [4.69, 9.17) is 19.4 Å². The van der Waals surface area contributed by atoms with Gasteiger partial charge in [0.2, 0.25) is 0 Å². The minimum Gasteiger partial charge on any atom is -0.455 e. The van der Waals surface area contributed by atoms with Gasteiger partial charge in [0.15, 0.2) is 17.5 Å². The van der Waals surface area contributed by atoms with Crippen molar-refractivity contribution in [3.05, 3.63) is 176 Å². The van der Waals surface area contributed by atoms with Gasteiger partial charge in [0.25, 0.3) is 0 Å². The molecular formula is C45H29N3O. The van der Waals surface area contributed by atoms with Crippen LogP contribution in [0.4, 0.5) is 0 Å². The van der Waals surface area contributed by atoms with Crippen molar-refractivity contribution in [1.82, 2.24) is 15.0 Å². The number of rotatable bonds is 6. The Kier molecular flexibility index (Phi) is 7.10. The fourth-order valence-electron chi connectivity index (χ4n) is 6.44. The van der Waals surface area contributed by atoms with Gasteiger partial charge in [-0.25, -0.2) is 15.0 Å². The monoisotopic (exact) mass is 627 g/mol. The van der Waals surface area contributed by atoms with Gasteiger partial charge in [-0.1, -0.05) is 158 Å². The molecule has 9 rings (SSSR count). The molecule has 9 aromatic rings. The molecule has 49 heavy (non-hydrogen) atoms. The van der Waals surface area contributed by atoms with Gasteiger partial charge >= 0.3 is 0 Å². The zero-order valence-corrected chi connectivity index (χ0v) is 26.5. The topological polar surface area (TPSA) is 51.8 Å². The normalized spacial score (nSPS) is 11.3. The quantitative estimate of drug-likeness (QED) is 0.184.